The largest absolute Gasteiger partial charge is 0.496 e. The second kappa shape index (κ2) is 7.12. The van der Waals surface area contributed by atoms with E-state index < -0.39 is 0 Å². The van der Waals surface area contributed by atoms with Crippen LogP contribution in [-0.2, 0) is 6.54 Å². The predicted octanol–water partition coefficient (Wildman–Crippen LogP) is 4.18. The zero-order valence-corrected chi connectivity index (χ0v) is 14.2. The van der Waals surface area contributed by atoms with Crippen LogP contribution in [0, 0.1) is 3.57 Å². The molecule has 0 fully saturated rings. The Labute approximate surface area is 135 Å². The molecular weight excluding hydrogens is 419 g/mol. The van der Waals surface area contributed by atoms with Crippen LogP contribution in [0.2, 0.25) is 0 Å². The van der Waals surface area contributed by atoms with Crippen LogP contribution in [0.3, 0.4) is 0 Å². The summed E-state index contributed by atoms with van der Waals surface area (Å²) in [5.41, 5.74) is 8.58. The van der Waals surface area contributed by atoms with Crippen molar-refractivity contribution in [3.63, 3.8) is 0 Å². The molecule has 2 rings (SSSR count). The van der Waals surface area contributed by atoms with E-state index in [-0.39, 0.29) is 0 Å². The Bertz CT molecular complexity index is 549. The van der Waals surface area contributed by atoms with Gasteiger partial charge in [-0.2, -0.15) is 0 Å². The van der Waals surface area contributed by atoms with Crippen LogP contribution in [0.15, 0.2) is 46.9 Å². The SMILES string of the molecule is COc1cc(Br)c(CNNc2ccccc2)cc1I. The Kier molecular flexibility index (Phi) is 5.47. The van der Waals surface area contributed by atoms with E-state index in [9.17, 15) is 0 Å². The van der Waals surface area contributed by atoms with Crippen molar-refractivity contribution < 1.29 is 4.74 Å². The molecule has 100 valence electrons. The number of nitrogens with one attached hydrogen (secondary N) is 2. The first-order valence-electron chi connectivity index (χ1n) is 5.76. The van der Waals surface area contributed by atoms with E-state index in [1.807, 2.05) is 36.4 Å². The van der Waals surface area contributed by atoms with Crippen LogP contribution in [0.1, 0.15) is 5.56 Å². The van der Waals surface area contributed by atoms with Crippen molar-refractivity contribution >= 4 is 44.2 Å². The van der Waals surface area contributed by atoms with E-state index in [0.717, 1.165) is 26.0 Å². The van der Waals surface area contributed by atoms with Crippen LogP contribution in [0.5, 0.6) is 5.75 Å². The number of rotatable bonds is 5. The van der Waals surface area contributed by atoms with Crippen molar-refractivity contribution in [1.82, 2.24) is 5.43 Å². The molecule has 2 aromatic rings. The normalized spacial score (nSPS) is 10.3. The molecule has 0 atom stereocenters. The molecule has 2 aromatic carbocycles. The minimum absolute atomic E-state index is 0.718. The minimum Gasteiger partial charge on any atom is -0.496 e. The Balaban J connectivity index is 1.98. The van der Waals surface area contributed by atoms with Crippen molar-refractivity contribution in [3.8, 4) is 5.75 Å². The fourth-order valence-electron chi connectivity index (χ4n) is 1.62. The number of ether oxygens (including phenoxy) is 1. The summed E-state index contributed by atoms with van der Waals surface area (Å²) < 4.78 is 7.41. The third kappa shape index (κ3) is 4.09. The maximum absolute atomic E-state index is 5.28. The highest BCUT2D eigenvalue weighted by atomic mass is 127. The summed E-state index contributed by atoms with van der Waals surface area (Å²) in [6, 6.07) is 14.1. The number of hydrogen-bond acceptors (Lipinski definition) is 3. The van der Waals surface area contributed by atoms with Gasteiger partial charge in [0, 0.05) is 16.7 Å². The monoisotopic (exact) mass is 432 g/mol. The summed E-state index contributed by atoms with van der Waals surface area (Å²) in [5, 5.41) is 0. The van der Waals surface area contributed by atoms with Gasteiger partial charge in [0.2, 0.25) is 0 Å². The summed E-state index contributed by atoms with van der Waals surface area (Å²) in [6.45, 7) is 0.718. The highest BCUT2D eigenvalue weighted by molar-refractivity contribution is 14.1. The molecule has 0 bridgehead atoms. The fourth-order valence-corrected chi connectivity index (χ4v) is 2.84. The van der Waals surface area contributed by atoms with Gasteiger partial charge in [0.25, 0.3) is 0 Å². The van der Waals surface area contributed by atoms with Gasteiger partial charge in [-0.3, -0.25) is 0 Å². The van der Waals surface area contributed by atoms with Gasteiger partial charge in [-0.1, -0.05) is 34.1 Å². The van der Waals surface area contributed by atoms with Crippen LogP contribution < -0.4 is 15.6 Å². The molecule has 3 nitrogen and oxygen atoms in total. The standard InChI is InChI=1S/C14H14BrIN2O/c1-19-14-8-12(15)10(7-13(14)16)9-17-18-11-5-3-2-4-6-11/h2-8,17-18H,9H2,1H3. The van der Waals surface area contributed by atoms with Crippen LogP contribution in [0.4, 0.5) is 5.69 Å². The van der Waals surface area contributed by atoms with Crippen LogP contribution >= 0.6 is 38.5 Å². The molecule has 0 amide bonds. The lowest BCUT2D eigenvalue weighted by Crippen LogP contribution is -2.21. The lowest BCUT2D eigenvalue weighted by atomic mass is 10.2. The summed E-state index contributed by atoms with van der Waals surface area (Å²) in [6.07, 6.45) is 0. The fraction of sp³-hybridized carbons (Fsp3) is 0.143. The first-order valence-corrected chi connectivity index (χ1v) is 7.63. The van der Waals surface area contributed by atoms with Gasteiger partial charge in [-0.05, 0) is 52.4 Å². The van der Waals surface area contributed by atoms with Crippen molar-refractivity contribution in [2.75, 3.05) is 12.5 Å². The summed E-state index contributed by atoms with van der Waals surface area (Å²) >= 11 is 5.83. The summed E-state index contributed by atoms with van der Waals surface area (Å²) in [4.78, 5) is 0. The lowest BCUT2D eigenvalue weighted by molar-refractivity contribution is 0.411. The van der Waals surface area contributed by atoms with Crippen LogP contribution in [0.25, 0.3) is 0 Å². The van der Waals surface area contributed by atoms with Gasteiger partial charge in [-0.15, -0.1) is 0 Å². The number of halogens is 2. The third-order valence-corrected chi connectivity index (χ3v) is 4.19. The van der Waals surface area contributed by atoms with Crippen molar-refractivity contribution in [1.29, 1.82) is 0 Å². The highest BCUT2D eigenvalue weighted by Gasteiger charge is 2.06. The zero-order chi connectivity index (χ0) is 13.7. The predicted molar refractivity (Wildman–Crippen MR) is 90.3 cm³/mol. The van der Waals surface area contributed by atoms with E-state index in [0.29, 0.717) is 0 Å². The van der Waals surface area contributed by atoms with Gasteiger partial charge < -0.3 is 10.2 Å². The summed E-state index contributed by atoms with van der Waals surface area (Å²) in [5.74, 6) is 0.882. The molecule has 0 saturated carbocycles. The molecule has 0 aliphatic carbocycles. The molecule has 0 unspecified atom stereocenters. The molecule has 0 saturated heterocycles. The summed E-state index contributed by atoms with van der Waals surface area (Å²) in [7, 11) is 1.68. The average Bonchev–Trinajstić information content (AvgIpc) is 2.43. The van der Waals surface area contributed by atoms with Gasteiger partial charge in [0.1, 0.15) is 5.75 Å². The zero-order valence-electron chi connectivity index (χ0n) is 10.4. The topological polar surface area (TPSA) is 33.3 Å². The second-order valence-corrected chi connectivity index (χ2v) is 5.94. The molecule has 5 heteroatoms. The van der Waals surface area contributed by atoms with E-state index in [4.69, 9.17) is 4.74 Å². The smallest absolute Gasteiger partial charge is 0.133 e. The number of methoxy groups -OCH3 is 1. The Hall–Kier alpha value is -0.790. The first-order chi connectivity index (χ1) is 9.20. The quantitative estimate of drug-likeness (QED) is 0.549. The molecular formula is C14H14BrIN2O. The van der Waals surface area contributed by atoms with E-state index >= 15 is 0 Å². The molecule has 0 spiro atoms. The highest BCUT2D eigenvalue weighted by Crippen LogP contribution is 2.28. The number of benzene rings is 2. The van der Waals surface area contributed by atoms with E-state index in [2.05, 4.69) is 55.4 Å². The lowest BCUT2D eigenvalue weighted by Gasteiger charge is -2.12. The van der Waals surface area contributed by atoms with Crippen molar-refractivity contribution in [2.45, 2.75) is 6.54 Å². The molecule has 0 aliphatic heterocycles. The maximum Gasteiger partial charge on any atom is 0.133 e. The molecule has 0 heterocycles. The number of hydrogen-bond donors (Lipinski definition) is 2. The molecule has 0 radical (unpaired) electrons. The first kappa shape index (κ1) is 14.6. The molecule has 2 N–H and O–H groups in total. The van der Waals surface area contributed by atoms with E-state index in [1.54, 1.807) is 7.11 Å². The Morgan fingerprint density at radius 1 is 1.21 bits per heavy atom. The minimum atomic E-state index is 0.718. The van der Waals surface area contributed by atoms with Gasteiger partial charge in [0.15, 0.2) is 0 Å². The Morgan fingerprint density at radius 2 is 1.95 bits per heavy atom. The average molecular weight is 433 g/mol. The molecule has 0 aromatic heterocycles. The number of anilines is 1. The Morgan fingerprint density at radius 3 is 2.63 bits per heavy atom. The van der Waals surface area contributed by atoms with Crippen LogP contribution in [-0.4, -0.2) is 7.11 Å². The van der Waals surface area contributed by atoms with Gasteiger partial charge in [0.05, 0.1) is 10.7 Å². The third-order valence-electron chi connectivity index (χ3n) is 2.61. The van der Waals surface area contributed by atoms with Gasteiger partial charge >= 0.3 is 0 Å². The molecule has 0 aliphatic rings. The van der Waals surface area contributed by atoms with Crippen molar-refractivity contribution in [2.24, 2.45) is 0 Å². The maximum atomic E-state index is 5.28. The second-order valence-electron chi connectivity index (χ2n) is 3.92. The van der Waals surface area contributed by atoms with E-state index in [1.165, 1.54) is 5.56 Å². The number of hydrazine groups is 1. The molecule has 19 heavy (non-hydrogen) atoms. The van der Waals surface area contributed by atoms with Gasteiger partial charge in [-0.25, -0.2) is 5.43 Å². The van der Waals surface area contributed by atoms with Crippen molar-refractivity contribution in [3.05, 3.63) is 56.1 Å². The number of para-hydroxylation sites is 1.